The molecule has 0 radical (unpaired) electrons. The van der Waals surface area contributed by atoms with Crippen LogP contribution < -0.4 is 4.90 Å². The zero-order chi connectivity index (χ0) is 13.2. The van der Waals surface area contributed by atoms with Crippen LogP contribution in [0.25, 0.3) is 11.5 Å². The van der Waals surface area contributed by atoms with Gasteiger partial charge in [0.25, 0.3) is 5.91 Å². The first kappa shape index (κ1) is 12.0. The molecule has 0 unspecified atom stereocenters. The van der Waals surface area contributed by atoms with Crippen molar-refractivity contribution in [2.75, 3.05) is 33.2 Å². The first-order valence-corrected chi connectivity index (χ1v) is 6.35. The Labute approximate surface area is 110 Å². The van der Waals surface area contributed by atoms with E-state index in [-0.39, 0.29) is 5.91 Å². The van der Waals surface area contributed by atoms with E-state index in [9.17, 15) is 4.79 Å². The van der Waals surface area contributed by atoms with Gasteiger partial charge in [-0.3, -0.25) is 4.79 Å². The lowest BCUT2D eigenvalue weighted by Crippen LogP contribution is -3.12. The molecule has 1 N–H and O–H groups in total. The van der Waals surface area contributed by atoms with E-state index in [1.165, 1.54) is 4.90 Å². The van der Waals surface area contributed by atoms with Crippen molar-refractivity contribution in [2.45, 2.75) is 0 Å². The van der Waals surface area contributed by atoms with Crippen molar-refractivity contribution >= 4 is 5.91 Å². The summed E-state index contributed by atoms with van der Waals surface area (Å²) >= 11 is 0. The van der Waals surface area contributed by atoms with Crippen molar-refractivity contribution in [3.8, 4) is 11.5 Å². The Morgan fingerprint density at radius 1 is 1.37 bits per heavy atom. The molecule has 0 saturated carbocycles. The highest BCUT2D eigenvalue weighted by Gasteiger charge is 2.25. The standard InChI is InChI=1S/C13H15N3O3/c1-15-4-6-16(7-5-15)13(17)10-9-12(19-14-10)11-3-2-8-18-11/h2-3,8-9H,4-7H2,1H3/p+1. The van der Waals surface area contributed by atoms with Crippen LogP contribution >= 0.6 is 0 Å². The number of amides is 1. The van der Waals surface area contributed by atoms with Crippen LogP contribution in [0.1, 0.15) is 10.5 Å². The molecule has 2 aromatic rings. The molecule has 6 heteroatoms. The van der Waals surface area contributed by atoms with Crippen molar-refractivity contribution in [3.63, 3.8) is 0 Å². The van der Waals surface area contributed by atoms with Gasteiger partial charge in [0.05, 0.1) is 39.5 Å². The van der Waals surface area contributed by atoms with Gasteiger partial charge in [-0.2, -0.15) is 0 Å². The molecule has 1 aliphatic rings. The maximum Gasteiger partial charge on any atom is 0.276 e. The number of furan rings is 1. The Kier molecular flexibility index (Phi) is 3.08. The summed E-state index contributed by atoms with van der Waals surface area (Å²) in [6, 6.07) is 5.17. The molecule has 6 nitrogen and oxygen atoms in total. The Balaban J connectivity index is 1.74. The SMILES string of the molecule is C[NH+]1CCN(C(=O)c2cc(-c3ccco3)on2)CC1. The number of piperazine rings is 1. The van der Waals surface area contributed by atoms with E-state index in [1.807, 2.05) is 4.90 Å². The van der Waals surface area contributed by atoms with E-state index in [0.29, 0.717) is 17.2 Å². The molecular formula is C13H16N3O3+. The van der Waals surface area contributed by atoms with Gasteiger partial charge in [-0.1, -0.05) is 5.16 Å². The normalized spacial score (nSPS) is 16.8. The van der Waals surface area contributed by atoms with E-state index in [2.05, 4.69) is 12.2 Å². The number of aromatic nitrogens is 1. The smallest absolute Gasteiger partial charge is 0.276 e. The van der Waals surface area contributed by atoms with Crippen molar-refractivity contribution in [3.05, 3.63) is 30.2 Å². The van der Waals surface area contributed by atoms with Gasteiger partial charge in [-0.05, 0) is 12.1 Å². The van der Waals surface area contributed by atoms with Crippen LogP contribution in [0, 0.1) is 0 Å². The average molecular weight is 262 g/mol. The predicted molar refractivity (Wildman–Crippen MR) is 66.7 cm³/mol. The molecule has 1 fully saturated rings. The fraction of sp³-hybridized carbons (Fsp3) is 0.385. The van der Waals surface area contributed by atoms with Crippen molar-refractivity contribution in [1.82, 2.24) is 10.1 Å². The highest BCUT2D eigenvalue weighted by Crippen LogP contribution is 2.21. The summed E-state index contributed by atoms with van der Waals surface area (Å²) in [6.07, 6.45) is 1.56. The molecule has 1 amide bonds. The minimum Gasteiger partial charge on any atom is -0.461 e. The van der Waals surface area contributed by atoms with Crippen LogP contribution in [0.2, 0.25) is 0 Å². The minimum absolute atomic E-state index is 0.0749. The molecule has 1 aliphatic heterocycles. The highest BCUT2D eigenvalue weighted by molar-refractivity contribution is 5.93. The molecule has 1 saturated heterocycles. The van der Waals surface area contributed by atoms with Gasteiger partial charge in [0.15, 0.2) is 11.5 Å². The predicted octanol–water partition coefficient (Wildman–Crippen LogP) is -0.0949. The summed E-state index contributed by atoms with van der Waals surface area (Å²) in [4.78, 5) is 15.5. The van der Waals surface area contributed by atoms with E-state index >= 15 is 0 Å². The third-order valence-corrected chi connectivity index (χ3v) is 3.40. The quantitative estimate of drug-likeness (QED) is 0.821. The fourth-order valence-electron chi connectivity index (χ4n) is 2.16. The number of nitrogens with one attached hydrogen (secondary N) is 1. The van der Waals surface area contributed by atoms with Gasteiger partial charge in [-0.25, -0.2) is 0 Å². The van der Waals surface area contributed by atoms with Gasteiger partial charge in [-0.15, -0.1) is 0 Å². The Morgan fingerprint density at radius 3 is 2.84 bits per heavy atom. The van der Waals surface area contributed by atoms with Crippen LogP contribution in [-0.2, 0) is 0 Å². The maximum absolute atomic E-state index is 12.3. The lowest BCUT2D eigenvalue weighted by Gasteiger charge is -2.29. The molecule has 3 rings (SSSR count). The number of hydrogen-bond acceptors (Lipinski definition) is 4. The minimum atomic E-state index is -0.0749. The Hall–Kier alpha value is -2.08. The van der Waals surface area contributed by atoms with Crippen LogP contribution in [0.3, 0.4) is 0 Å². The summed E-state index contributed by atoms with van der Waals surface area (Å²) in [7, 11) is 2.13. The number of likely N-dealkylation sites (N-methyl/N-ethyl adjacent to an activating group) is 1. The fourth-order valence-corrected chi connectivity index (χ4v) is 2.16. The largest absolute Gasteiger partial charge is 0.461 e. The zero-order valence-corrected chi connectivity index (χ0v) is 10.8. The molecule has 3 heterocycles. The van der Waals surface area contributed by atoms with Crippen LogP contribution in [0.4, 0.5) is 0 Å². The van der Waals surface area contributed by atoms with Crippen LogP contribution in [-0.4, -0.2) is 49.2 Å². The zero-order valence-electron chi connectivity index (χ0n) is 10.8. The summed E-state index contributed by atoms with van der Waals surface area (Å²) in [5.74, 6) is 0.983. The first-order chi connectivity index (χ1) is 9.24. The topological polar surface area (TPSA) is 63.9 Å². The number of quaternary nitrogens is 1. The summed E-state index contributed by atoms with van der Waals surface area (Å²) in [6.45, 7) is 3.45. The number of rotatable bonds is 2. The summed E-state index contributed by atoms with van der Waals surface area (Å²) in [5, 5.41) is 3.83. The van der Waals surface area contributed by atoms with Crippen LogP contribution in [0.5, 0.6) is 0 Å². The monoisotopic (exact) mass is 262 g/mol. The van der Waals surface area contributed by atoms with E-state index in [4.69, 9.17) is 8.94 Å². The number of carbonyl (C=O) groups excluding carboxylic acids is 1. The highest BCUT2D eigenvalue weighted by atomic mass is 16.5. The lowest BCUT2D eigenvalue weighted by atomic mass is 10.2. The molecule has 0 spiro atoms. The summed E-state index contributed by atoms with van der Waals surface area (Å²) < 4.78 is 10.4. The molecule has 2 aromatic heterocycles. The van der Waals surface area contributed by atoms with E-state index in [1.54, 1.807) is 24.5 Å². The molecular weight excluding hydrogens is 246 g/mol. The average Bonchev–Trinajstić information content (AvgIpc) is 3.10. The summed E-state index contributed by atoms with van der Waals surface area (Å²) in [5.41, 5.74) is 0.339. The molecule has 0 atom stereocenters. The third kappa shape index (κ3) is 2.39. The molecule has 0 aromatic carbocycles. The van der Waals surface area contributed by atoms with Gasteiger partial charge in [0, 0.05) is 6.07 Å². The molecule has 0 bridgehead atoms. The van der Waals surface area contributed by atoms with E-state index in [0.717, 1.165) is 26.2 Å². The van der Waals surface area contributed by atoms with Crippen molar-refractivity contribution in [1.29, 1.82) is 0 Å². The van der Waals surface area contributed by atoms with E-state index < -0.39 is 0 Å². The van der Waals surface area contributed by atoms with Crippen molar-refractivity contribution < 1.29 is 18.6 Å². The second kappa shape index (κ2) is 4.89. The van der Waals surface area contributed by atoms with Crippen LogP contribution in [0.15, 0.2) is 33.4 Å². The first-order valence-electron chi connectivity index (χ1n) is 6.35. The maximum atomic E-state index is 12.3. The molecule has 0 aliphatic carbocycles. The second-order valence-electron chi connectivity index (χ2n) is 4.80. The third-order valence-electron chi connectivity index (χ3n) is 3.40. The number of nitrogens with zero attached hydrogens (tertiary/aromatic N) is 2. The Morgan fingerprint density at radius 2 is 2.16 bits per heavy atom. The van der Waals surface area contributed by atoms with Crippen molar-refractivity contribution in [2.24, 2.45) is 0 Å². The molecule has 19 heavy (non-hydrogen) atoms. The lowest BCUT2D eigenvalue weighted by molar-refractivity contribution is -0.883. The second-order valence-corrected chi connectivity index (χ2v) is 4.80. The number of carbonyl (C=O) groups is 1. The Bertz CT molecular complexity index is 553. The van der Waals surface area contributed by atoms with Gasteiger partial charge >= 0.3 is 0 Å². The van der Waals surface area contributed by atoms with Gasteiger partial charge in [0.2, 0.25) is 5.76 Å². The van der Waals surface area contributed by atoms with Gasteiger partial charge in [0.1, 0.15) is 0 Å². The molecule has 100 valence electrons. The number of hydrogen-bond donors (Lipinski definition) is 1. The van der Waals surface area contributed by atoms with Gasteiger partial charge < -0.3 is 18.7 Å².